The third kappa shape index (κ3) is 11.9. The summed E-state index contributed by atoms with van der Waals surface area (Å²) in [5.74, 6) is -4.09. The van der Waals surface area contributed by atoms with Gasteiger partial charge in [0.1, 0.15) is 30.5 Å². The quantitative estimate of drug-likeness (QED) is 0.0622. The van der Waals surface area contributed by atoms with Crippen molar-refractivity contribution in [1.82, 2.24) is 0 Å². The molecule has 6 N–H and O–H groups in total. The monoisotopic (exact) mass is 709 g/mol. The van der Waals surface area contributed by atoms with Gasteiger partial charge in [0.25, 0.3) is 39.1 Å². The minimum atomic E-state index is -7.05. The summed E-state index contributed by atoms with van der Waals surface area (Å²) in [6.07, 6.45) is -13.9. The third-order valence-electron chi connectivity index (χ3n) is 3.45. The minimum absolute atomic E-state index is 0. The molecule has 2 radical (unpaired) electrons. The van der Waals surface area contributed by atoms with E-state index in [1.54, 1.807) is 0 Å². The number of aliphatic hydroxyl groups excluding tert-OH is 5. The van der Waals surface area contributed by atoms with Crippen LogP contribution >= 0.6 is 46.9 Å². The molecule has 25 nitrogen and oxygen atoms in total. The van der Waals surface area contributed by atoms with Gasteiger partial charge in [-0.05, 0) is 0 Å². The first kappa shape index (κ1) is 39.9. The Morgan fingerprint density at radius 3 is 1.05 bits per heavy atom. The molecule has 0 aromatic heterocycles. The van der Waals surface area contributed by atoms with Crippen molar-refractivity contribution in [3.8, 4) is 0 Å². The molecular weight excluding hydrogens is 698 g/mol. The van der Waals surface area contributed by atoms with Crippen LogP contribution in [-0.4, -0.2) is 105 Å². The van der Waals surface area contributed by atoms with Crippen molar-refractivity contribution in [2.75, 3.05) is 0 Å². The molecule has 1 fully saturated rings. The molecule has 7 unspecified atom stereocenters. The zero-order valence-corrected chi connectivity index (χ0v) is 24.8. The Morgan fingerprint density at radius 1 is 0.500 bits per heavy atom. The normalized spacial score (nSPS) is 36.4. The average molecular weight is 709 g/mol. The molecule has 38 heavy (non-hydrogen) atoms. The van der Waals surface area contributed by atoms with Crippen molar-refractivity contribution in [1.29, 1.82) is 0 Å². The number of rotatable bonds is 12. The number of phosphoric acid groups is 6. The Balaban J connectivity index is 0.0000137. The molecule has 0 bridgehead atoms. The Hall–Kier alpha value is 1.88. The summed E-state index contributed by atoms with van der Waals surface area (Å²) < 4.78 is 85.1. The van der Waals surface area contributed by atoms with E-state index >= 15 is 0 Å². The van der Waals surface area contributed by atoms with Crippen molar-refractivity contribution < 1.29 is 118 Å². The summed E-state index contributed by atoms with van der Waals surface area (Å²) in [4.78, 5) is 77.2. The maximum Gasteiger partial charge on any atom is 0.280 e. The van der Waals surface area contributed by atoms with Gasteiger partial charge in [-0.2, -0.15) is 0 Å². The topological polar surface area (TPSA) is 441 Å². The van der Waals surface area contributed by atoms with E-state index < -0.39 is 83.2 Å². The molecule has 224 valence electrons. The maximum absolute atomic E-state index is 11.8. The van der Waals surface area contributed by atoms with E-state index in [1.165, 1.54) is 0 Å². The predicted molar refractivity (Wildman–Crippen MR) is 92.9 cm³/mol. The van der Waals surface area contributed by atoms with E-state index in [0.29, 0.717) is 0 Å². The van der Waals surface area contributed by atoms with Gasteiger partial charge in [0.05, 0.1) is 7.82 Å². The summed E-state index contributed by atoms with van der Waals surface area (Å²) in [7, 11) is -41.1. The van der Waals surface area contributed by atoms with E-state index in [4.69, 9.17) is 0 Å². The largest absolute Gasteiger partial charge is 0.790 e. The van der Waals surface area contributed by atoms with Gasteiger partial charge in [-0.1, -0.05) is 0 Å². The maximum atomic E-state index is 11.8. The molecule has 0 amide bonds. The van der Waals surface area contributed by atoms with Crippen molar-refractivity contribution in [3.05, 3.63) is 0 Å². The van der Waals surface area contributed by atoms with Crippen LogP contribution < -0.4 is 34.3 Å². The second kappa shape index (κ2) is 13.3. The number of hydrogen-bond acceptors (Lipinski definition) is 25. The molecule has 0 spiro atoms. The van der Waals surface area contributed by atoms with Gasteiger partial charge in [0.2, 0.25) is 5.79 Å². The second-order valence-electron chi connectivity index (χ2n) is 6.30. The van der Waals surface area contributed by atoms with Crippen molar-refractivity contribution >= 4 is 84.7 Å². The Labute approximate surface area is 238 Å². The zero-order valence-electron chi connectivity index (χ0n) is 17.2. The summed E-state index contributed by atoms with van der Waals surface area (Å²) in [6.45, 7) is 0. The SMILES string of the molecule is O=P([O-])([O-])OP(=O)([O-])OP(=O)([O-])OP(=O)([O-])OP(=O)([O-])OP(=O)([O-])OC1(O)[C@H](O)[C@H](O)C(O)[C@H](O)[C@H]1O.[Ca]. The van der Waals surface area contributed by atoms with Crippen LogP contribution in [0.1, 0.15) is 0 Å². The second-order valence-corrected chi connectivity index (χ2v) is 15.1. The van der Waals surface area contributed by atoms with Gasteiger partial charge in [0, 0.05) is 37.7 Å². The van der Waals surface area contributed by atoms with Gasteiger partial charge in [-0.3, -0.25) is 31.7 Å². The molecule has 32 heteroatoms. The van der Waals surface area contributed by atoms with Crippen LogP contribution in [0, 0.1) is 0 Å². The molecule has 1 aliphatic rings. The first-order chi connectivity index (χ1) is 16.0. The van der Waals surface area contributed by atoms with Gasteiger partial charge in [0.15, 0.2) is 0 Å². The molecule has 1 rings (SSSR count). The van der Waals surface area contributed by atoms with Crippen LogP contribution in [-0.2, 0) is 53.5 Å². The fraction of sp³-hybridized carbons (Fsp3) is 1.00. The zero-order chi connectivity index (χ0) is 29.6. The van der Waals surface area contributed by atoms with Crippen LogP contribution in [0.3, 0.4) is 0 Å². The number of hydrogen-bond donors (Lipinski definition) is 6. The molecule has 0 heterocycles. The smallest absolute Gasteiger partial charge is 0.280 e. The van der Waals surface area contributed by atoms with E-state index in [9.17, 15) is 92.3 Å². The Bertz CT molecular complexity index is 1110. The average Bonchev–Trinajstić information content (AvgIpc) is 2.56. The minimum Gasteiger partial charge on any atom is -0.790 e. The fourth-order valence-corrected chi connectivity index (χ4v) is 9.37. The fourth-order valence-electron chi connectivity index (χ4n) is 2.22. The Morgan fingerprint density at radius 2 is 0.763 bits per heavy atom. The van der Waals surface area contributed by atoms with Gasteiger partial charge < -0.3 is 69.5 Å². The van der Waals surface area contributed by atoms with Crippen LogP contribution in [0.25, 0.3) is 0 Å². The first-order valence-corrected chi connectivity index (χ1v) is 16.8. The van der Waals surface area contributed by atoms with E-state index in [2.05, 4.69) is 26.1 Å². The molecule has 11 atom stereocenters. The number of phosphoric ester groups is 1. The number of aliphatic hydroxyl groups is 6. The molecule has 0 aromatic rings. The molecule has 0 saturated heterocycles. The molecular formula is C6H11CaO25P6-7. The molecule has 1 saturated carbocycles. The van der Waals surface area contributed by atoms with E-state index in [0.717, 1.165) is 0 Å². The van der Waals surface area contributed by atoms with Crippen LogP contribution in [0.15, 0.2) is 0 Å². The molecule has 0 aliphatic heterocycles. The summed E-state index contributed by atoms with van der Waals surface area (Å²) in [6, 6.07) is 0. The van der Waals surface area contributed by atoms with Crippen LogP contribution in [0.5, 0.6) is 0 Å². The van der Waals surface area contributed by atoms with Gasteiger partial charge in [-0.25, -0.2) is 17.2 Å². The summed E-state index contributed by atoms with van der Waals surface area (Å²) in [5.41, 5.74) is 0. The van der Waals surface area contributed by atoms with Gasteiger partial charge in [-0.15, -0.1) is 0 Å². The third-order valence-corrected chi connectivity index (χ3v) is 12.0. The van der Waals surface area contributed by atoms with Crippen LogP contribution in [0.2, 0.25) is 0 Å². The van der Waals surface area contributed by atoms with Crippen molar-refractivity contribution in [2.45, 2.75) is 36.3 Å². The predicted octanol–water partition coefficient (Wildman–Crippen LogP) is -8.62. The summed E-state index contributed by atoms with van der Waals surface area (Å²) >= 11 is 0. The Kier molecular flexibility index (Phi) is 13.9. The van der Waals surface area contributed by atoms with E-state index in [-0.39, 0.29) is 37.7 Å². The summed E-state index contributed by atoms with van der Waals surface area (Å²) in [5, 5.41) is 57.5. The standard InChI is InChI=1S/C6H18O25P6.Ca/c7-1-2(8)4(10)6(12,5(11)3(1)9)26-33(16,17)28-35(20,21)30-37(24,25)31-36(22,23)29-34(18,19)27-32(13,14)15;/h1-5,7-12H,(H,16,17)(H,18,19)(H,20,21)(H,22,23)(H,24,25)(H2,13,14,15);/p-7/t1?,2-,3+,4-,5-,6?;/m1./s1. The van der Waals surface area contributed by atoms with E-state index in [1.807, 2.05) is 0 Å². The van der Waals surface area contributed by atoms with Crippen LogP contribution in [0.4, 0.5) is 0 Å². The van der Waals surface area contributed by atoms with Crippen molar-refractivity contribution in [2.24, 2.45) is 0 Å². The first-order valence-electron chi connectivity index (χ1n) is 8.01. The van der Waals surface area contributed by atoms with Gasteiger partial charge >= 0.3 is 0 Å². The molecule has 1 aliphatic carbocycles. The molecule has 0 aromatic carbocycles. The van der Waals surface area contributed by atoms with Crippen molar-refractivity contribution in [3.63, 3.8) is 0 Å².